The van der Waals surface area contributed by atoms with Crippen LogP contribution >= 0.6 is 11.8 Å². The number of nitriles is 1. The molecule has 29 heavy (non-hydrogen) atoms. The summed E-state index contributed by atoms with van der Waals surface area (Å²) in [5, 5.41) is 13.2. The number of amides is 1. The second kappa shape index (κ2) is 7.61. The van der Waals surface area contributed by atoms with E-state index < -0.39 is 0 Å². The van der Waals surface area contributed by atoms with Crippen LogP contribution in [-0.2, 0) is 4.79 Å². The van der Waals surface area contributed by atoms with Crippen molar-refractivity contribution < 1.29 is 4.79 Å². The quantitative estimate of drug-likeness (QED) is 0.484. The molecule has 2 aromatic heterocycles. The maximum absolute atomic E-state index is 12.8. The van der Waals surface area contributed by atoms with E-state index in [0.29, 0.717) is 11.2 Å². The van der Waals surface area contributed by atoms with Gasteiger partial charge in [0.2, 0.25) is 5.91 Å². The molecule has 0 saturated carbocycles. The molecule has 0 aliphatic rings. The normalized spacial score (nSPS) is 12.1. The molecule has 0 aliphatic heterocycles. The van der Waals surface area contributed by atoms with Gasteiger partial charge >= 0.3 is 0 Å². The number of rotatable bonds is 4. The Morgan fingerprint density at radius 2 is 1.97 bits per heavy atom. The third-order valence-electron chi connectivity index (χ3n) is 4.80. The summed E-state index contributed by atoms with van der Waals surface area (Å²) in [6.07, 6.45) is 0. The molecule has 0 fully saturated rings. The highest BCUT2D eigenvalue weighted by atomic mass is 32.2. The van der Waals surface area contributed by atoms with E-state index in [0.717, 1.165) is 32.9 Å². The van der Waals surface area contributed by atoms with Crippen molar-refractivity contribution in [3.63, 3.8) is 0 Å². The summed E-state index contributed by atoms with van der Waals surface area (Å²) >= 11 is 1.46. The first-order valence-corrected chi connectivity index (χ1v) is 10.2. The van der Waals surface area contributed by atoms with Crippen LogP contribution in [0.4, 0.5) is 5.69 Å². The first kappa shape index (κ1) is 19.0. The average molecular weight is 401 g/mol. The largest absolute Gasteiger partial charge is 0.325 e. The van der Waals surface area contributed by atoms with Crippen molar-refractivity contribution >= 4 is 40.0 Å². The Morgan fingerprint density at radius 1 is 1.17 bits per heavy atom. The van der Waals surface area contributed by atoms with Crippen LogP contribution in [0.2, 0.25) is 0 Å². The van der Waals surface area contributed by atoms with Gasteiger partial charge in [0, 0.05) is 5.69 Å². The van der Waals surface area contributed by atoms with Gasteiger partial charge in [-0.15, -0.1) is 0 Å². The number of imidazole rings is 1. The number of anilines is 1. The number of benzene rings is 2. The van der Waals surface area contributed by atoms with E-state index in [1.165, 1.54) is 11.8 Å². The molecule has 0 saturated heterocycles. The van der Waals surface area contributed by atoms with Gasteiger partial charge in [-0.3, -0.25) is 9.20 Å². The molecule has 1 amide bonds. The Bertz CT molecular complexity index is 1290. The number of carbonyl (C=O) groups excluding carboxylic acids is 1. The van der Waals surface area contributed by atoms with Crippen molar-refractivity contribution in [1.82, 2.24) is 9.38 Å². The Hall–Kier alpha value is -3.30. The average Bonchev–Trinajstić information content (AvgIpc) is 3.07. The zero-order valence-corrected chi connectivity index (χ0v) is 17.2. The summed E-state index contributed by atoms with van der Waals surface area (Å²) in [4.78, 5) is 17.4. The second-order valence-corrected chi connectivity index (χ2v) is 8.39. The number of nitrogens with zero attached hydrogens (tertiary/aromatic N) is 3. The summed E-state index contributed by atoms with van der Waals surface area (Å²) in [7, 11) is 0. The van der Waals surface area contributed by atoms with Crippen molar-refractivity contribution in [1.29, 1.82) is 5.26 Å². The fourth-order valence-corrected chi connectivity index (χ4v) is 4.40. The summed E-state index contributed by atoms with van der Waals surface area (Å²) in [5.74, 6) is -0.0693. The molecule has 0 spiro atoms. The lowest BCUT2D eigenvalue weighted by atomic mass is 10.2. The number of para-hydroxylation sites is 2. The van der Waals surface area contributed by atoms with Gasteiger partial charge in [-0.2, -0.15) is 5.26 Å². The highest BCUT2D eigenvalue weighted by Gasteiger charge is 2.20. The fraction of sp³-hybridized carbons (Fsp3) is 0.174. The lowest BCUT2D eigenvalue weighted by Gasteiger charge is -2.15. The van der Waals surface area contributed by atoms with Crippen LogP contribution in [-0.4, -0.2) is 20.5 Å². The van der Waals surface area contributed by atoms with Crippen molar-refractivity contribution in [3.8, 4) is 6.07 Å². The van der Waals surface area contributed by atoms with Gasteiger partial charge in [-0.25, -0.2) is 4.98 Å². The van der Waals surface area contributed by atoms with E-state index in [1.807, 2.05) is 79.8 Å². The maximum atomic E-state index is 12.8. The first-order valence-electron chi connectivity index (χ1n) is 9.33. The van der Waals surface area contributed by atoms with Gasteiger partial charge in [0.1, 0.15) is 6.07 Å². The van der Waals surface area contributed by atoms with Crippen molar-refractivity contribution in [2.24, 2.45) is 0 Å². The second-order valence-electron chi connectivity index (χ2n) is 7.03. The van der Waals surface area contributed by atoms with Gasteiger partial charge in [0.15, 0.2) is 5.65 Å². The molecular formula is C23H20N4OS. The van der Waals surface area contributed by atoms with Crippen LogP contribution < -0.4 is 5.32 Å². The zero-order valence-electron chi connectivity index (χ0n) is 16.4. The molecule has 144 valence electrons. The summed E-state index contributed by atoms with van der Waals surface area (Å²) in [5.41, 5.74) is 5.67. The molecule has 5 nitrogen and oxygen atoms in total. The molecule has 1 atom stereocenters. The third kappa shape index (κ3) is 3.57. The monoisotopic (exact) mass is 400 g/mol. The van der Waals surface area contributed by atoms with Gasteiger partial charge in [0.25, 0.3) is 0 Å². The molecular weight excluding hydrogens is 380 g/mol. The lowest BCUT2D eigenvalue weighted by molar-refractivity contribution is -0.115. The standard InChI is InChI=1S/C23H20N4OS/c1-14-7-6-8-17(11-14)25-23(28)16(3)29-21-12-15(2)18(13-24)22-26-19-9-4-5-10-20(19)27(21)22/h4-12,16H,1-3H3,(H,25,28)/t16-/m0/s1. The van der Waals surface area contributed by atoms with Gasteiger partial charge < -0.3 is 5.32 Å². The highest BCUT2D eigenvalue weighted by Crippen LogP contribution is 2.31. The minimum atomic E-state index is -0.327. The van der Waals surface area contributed by atoms with Gasteiger partial charge in [-0.1, -0.05) is 36.0 Å². The number of nitrogens with one attached hydrogen (secondary N) is 1. The van der Waals surface area contributed by atoms with E-state index in [2.05, 4.69) is 16.4 Å². The Labute approximate surface area is 173 Å². The molecule has 0 aliphatic carbocycles. The van der Waals surface area contributed by atoms with Gasteiger partial charge in [-0.05, 0) is 62.2 Å². The van der Waals surface area contributed by atoms with E-state index in [1.54, 1.807) is 0 Å². The van der Waals surface area contributed by atoms with Crippen LogP contribution in [0.1, 0.15) is 23.6 Å². The minimum Gasteiger partial charge on any atom is -0.325 e. The lowest BCUT2D eigenvalue weighted by Crippen LogP contribution is -2.22. The third-order valence-corrected chi connectivity index (χ3v) is 5.91. The molecule has 4 aromatic rings. The number of aryl methyl sites for hydroxylation is 2. The maximum Gasteiger partial charge on any atom is 0.237 e. The molecule has 6 heteroatoms. The van der Waals surface area contributed by atoms with Crippen LogP contribution in [0.15, 0.2) is 59.6 Å². The van der Waals surface area contributed by atoms with Crippen molar-refractivity contribution in [2.75, 3.05) is 5.32 Å². The number of hydrogen-bond donors (Lipinski definition) is 1. The fourth-order valence-electron chi connectivity index (χ4n) is 3.34. The summed E-state index contributed by atoms with van der Waals surface area (Å²) in [6, 6.07) is 19.8. The van der Waals surface area contributed by atoms with Crippen LogP contribution in [0, 0.1) is 25.2 Å². The van der Waals surface area contributed by atoms with E-state index in [4.69, 9.17) is 0 Å². The topological polar surface area (TPSA) is 70.2 Å². The molecule has 4 rings (SSSR count). The number of hydrogen-bond acceptors (Lipinski definition) is 4. The van der Waals surface area contributed by atoms with E-state index in [9.17, 15) is 10.1 Å². The SMILES string of the molecule is Cc1cccc(NC(=O)[C@H](C)Sc2cc(C)c(C#N)c3nc4ccccc4n23)c1. The Kier molecular flexibility index (Phi) is 4.99. The van der Waals surface area contributed by atoms with E-state index >= 15 is 0 Å². The minimum absolute atomic E-state index is 0.0693. The number of pyridine rings is 1. The molecule has 0 unspecified atom stereocenters. The van der Waals surface area contributed by atoms with E-state index in [-0.39, 0.29) is 11.2 Å². The Morgan fingerprint density at radius 3 is 2.72 bits per heavy atom. The number of carbonyl (C=O) groups is 1. The summed E-state index contributed by atoms with van der Waals surface area (Å²) < 4.78 is 1.97. The zero-order chi connectivity index (χ0) is 20.5. The number of fused-ring (bicyclic) bond motifs is 3. The van der Waals surface area contributed by atoms with Gasteiger partial charge in [0.05, 0.1) is 26.9 Å². The molecule has 0 bridgehead atoms. The molecule has 0 radical (unpaired) electrons. The number of aromatic nitrogens is 2. The predicted octanol–water partition coefficient (Wildman–Crippen LogP) is 5.10. The number of thioether (sulfide) groups is 1. The Balaban J connectivity index is 1.72. The predicted molar refractivity (Wildman–Crippen MR) is 117 cm³/mol. The molecule has 1 N–H and O–H groups in total. The van der Waals surface area contributed by atoms with Crippen molar-refractivity contribution in [3.05, 3.63) is 71.3 Å². The molecule has 2 heterocycles. The summed E-state index contributed by atoms with van der Waals surface area (Å²) in [6.45, 7) is 5.78. The smallest absolute Gasteiger partial charge is 0.237 e. The highest BCUT2D eigenvalue weighted by molar-refractivity contribution is 8.00. The van der Waals surface area contributed by atoms with Crippen LogP contribution in [0.5, 0.6) is 0 Å². The van der Waals surface area contributed by atoms with Crippen LogP contribution in [0.3, 0.4) is 0 Å². The van der Waals surface area contributed by atoms with Crippen LogP contribution in [0.25, 0.3) is 16.7 Å². The molecule has 2 aromatic carbocycles. The first-order chi connectivity index (χ1) is 14.0. The van der Waals surface area contributed by atoms with Crippen molar-refractivity contribution in [2.45, 2.75) is 31.0 Å².